The fourth-order valence-corrected chi connectivity index (χ4v) is 2.80. The molecule has 2 aliphatic rings. The minimum atomic E-state index is -4.31. The molecule has 1 heterocycles. The van der Waals surface area contributed by atoms with Crippen molar-refractivity contribution in [1.29, 1.82) is 0 Å². The molecule has 1 aliphatic carbocycles. The molecule has 0 fully saturated rings. The highest BCUT2D eigenvalue weighted by molar-refractivity contribution is 5.77. The molecule has 0 spiro atoms. The number of hydrogen-bond donors (Lipinski definition) is 1. The van der Waals surface area contributed by atoms with Gasteiger partial charge in [-0.3, -0.25) is 4.79 Å². The molecular weight excluding hydrogens is 269 g/mol. The van der Waals surface area contributed by atoms with Gasteiger partial charge in [0.2, 0.25) is 5.91 Å². The molecule has 1 unspecified atom stereocenters. The molecule has 20 heavy (non-hydrogen) atoms. The second-order valence-corrected chi connectivity index (χ2v) is 5.88. The van der Waals surface area contributed by atoms with Crippen LogP contribution in [0.3, 0.4) is 0 Å². The standard InChI is InChI=1S/C14H19F3N2O/c1-13(2,14(15,16)17)19-7-3-4-9-8-10(12(18)20)5-6-11(9)19/h3-4,10H,5-8H2,1-2H3,(H2,18,20). The van der Waals surface area contributed by atoms with Crippen LogP contribution in [0.5, 0.6) is 0 Å². The Balaban J connectivity index is 2.31. The Kier molecular flexibility index (Phi) is 3.60. The second-order valence-electron chi connectivity index (χ2n) is 5.88. The van der Waals surface area contributed by atoms with E-state index < -0.39 is 11.7 Å². The van der Waals surface area contributed by atoms with E-state index in [-0.39, 0.29) is 18.4 Å². The van der Waals surface area contributed by atoms with Crippen LogP contribution in [0.4, 0.5) is 13.2 Å². The highest BCUT2D eigenvalue weighted by Crippen LogP contribution is 2.42. The molecule has 1 atom stereocenters. The Morgan fingerprint density at radius 3 is 2.60 bits per heavy atom. The third-order valence-electron chi connectivity index (χ3n) is 4.27. The lowest BCUT2D eigenvalue weighted by atomic mass is 9.83. The number of carbonyl (C=O) groups is 1. The van der Waals surface area contributed by atoms with Gasteiger partial charge in [0.15, 0.2) is 0 Å². The van der Waals surface area contributed by atoms with Crippen molar-refractivity contribution in [1.82, 2.24) is 4.90 Å². The molecule has 1 amide bonds. The third kappa shape index (κ3) is 2.43. The Bertz CT molecular complexity index is 477. The number of hydrogen-bond acceptors (Lipinski definition) is 2. The highest BCUT2D eigenvalue weighted by Gasteiger charge is 2.52. The average Bonchev–Trinajstić information content (AvgIpc) is 2.35. The van der Waals surface area contributed by atoms with Gasteiger partial charge in [0.05, 0.1) is 0 Å². The molecule has 0 bridgehead atoms. The molecule has 0 aromatic rings. The maximum absolute atomic E-state index is 13.2. The SMILES string of the molecule is CC(C)(N1CC=CC2=C1CCC(C(N)=O)C2)C(F)(F)F. The zero-order valence-corrected chi connectivity index (χ0v) is 11.6. The quantitative estimate of drug-likeness (QED) is 0.849. The van der Waals surface area contributed by atoms with E-state index in [1.165, 1.54) is 18.7 Å². The van der Waals surface area contributed by atoms with Crippen molar-refractivity contribution in [2.75, 3.05) is 6.54 Å². The van der Waals surface area contributed by atoms with Crippen LogP contribution >= 0.6 is 0 Å². The second kappa shape index (κ2) is 4.82. The molecule has 0 saturated carbocycles. The largest absolute Gasteiger partial charge is 0.411 e. The Hall–Kier alpha value is -1.46. The molecule has 3 nitrogen and oxygen atoms in total. The molecule has 2 N–H and O–H groups in total. The molecule has 0 radical (unpaired) electrons. The summed E-state index contributed by atoms with van der Waals surface area (Å²) in [6, 6.07) is 0. The lowest BCUT2D eigenvalue weighted by Gasteiger charge is -2.46. The minimum Gasteiger partial charge on any atom is -0.369 e. The molecule has 112 valence electrons. The summed E-state index contributed by atoms with van der Waals surface area (Å²) in [5, 5.41) is 0. The predicted molar refractivity (Wildman–Crippen MR) is 69.5 cm³/mol. The molecule has 0 saturated heterocycles. The summed E-state index contributed by atoms with van der Waals surface area (Å²) in [7, 11) is 0. The van der Waals surface area contributed by atoms with Crippen molar-refractivity contribution in [3.63, 3.8) is 0 Å². The fraction of sp³-hybridized carbons (Fsp3) is 0.643. The first-order valence-corrected chi connectivity index (χ1v) is 6.67. The van der Waals surface area contributed by atoms with Gasteiger partial charge in [-0.05, 0) is 38.7 Å². The molecule has 6 heteroatoms. The van der Waals surface area contributed by atoms with Gasteiger partial charge < -0.3 is 10.6 Å². The number of nitrogens with zero attached hydrogens (tertiary/aromatic N) is 1. The first-order chi connectivity index (χ1) is 9.14. The number of amides is 1. The maximum Gasteiger partial charge on any atom is 0.411 e. The van der Waals surface area contributed by atoms with Crippen molar-refractivity contribution >= 4 is 5.91 Å². The van der Waals surface area contributed by atoms with Crippen LogP contribution in [-0.4, -0.2) is 29.1 Å². The monoisotopic (exact) mass is 288 g/mol. The predicted octanol–water partition coefficient (Wildman–Crippen LogP) is 2.74. The molecule has 0 aromatic heterocycles. The number of carbonyl (C=O) groups excluding carboxylic acids is 1. The molecular formula is C14H19F3N2O. The van der Waals surface area contributed by atoms with Gasteiger partial charge >= 0.3 is 6.18 Å². The number of nitrogens with two attached hydrogens (primary N) is 1. The first-order valence-electron chi connectivity index (χ1n) is 6.67. The zero-order chi connectivity index (χ0) is 15.1. The van der Waals surface area contributed by atoms with Crippen molar-refractivity contribution < 1.29 is 18.0 Å². The Morgan fingerprint density at radius 1 is 1.40 bits per heavy atom. The maximum atomic E-state index is 13.2. The van der Waals surface area contributed by atoms with E-state index in [2.05, 4.69) is 0 Å². The summed E-state index contributed by atoms with van der Waals surface area (Å²) in [5.41, 5.74) is 4.89. The van der Waals surface area contributed by atoms with Crippen LogP contribution in [-0.2, 0) is 4.79 Å². The van der Waals surface area contributed by atoms with Crippen LogP contribution < -0.4 is 5.73 Å². The van der Waals surface area contributed by atoms with Crippen molar-refractivity contribution in [2.45, 2.75) is 44.8 Å². The summed E-state index contributed by atoms with van der Waals surface area (Å²) >= 11 is 0. The summed E-state index contributed by atoms with van der Waals surface area (Å²) in [6.07, 6.45) is 0.657. The van der Waals surface area contributed by atoms with E-state index in [1.807, 2.05) is 6.08 Å². The van der Waals surface area contributed by atoms with E-state index in [1.54, 1.807) is 6.08 Å². The van der Waals surface area contributed by atoms with E-state index in [9.17, 15) is 18.0 Å². The van der Waals surface area contributed by atoms with Crippen LogP contribution in [0.25, 0.3) is 0 Å². The molecule has 1 aliphatic heterocycles. The van der Waals surface area contributed by atoms with Crippen LogP contribution in [0.2, 0.25) is 0 Å². The first kappa shape index (κ1) is 14.9. The normalized spacial score (nSPS) is 23.9. The van der Waals surface area contributed by atoms with Gasteiger partial charge in [-0.15, -0.1) is 0 Å². The minimum absolute atomic E-state index is 0.243. The van der Waals surface area contributed by atoms with E-state index in [0.717, 1.165) is 5.57 Å². The molecule has 0 aromatic carbocycles. The third-order valence-corrected chi connectivity index (χ3v) is 4.27. The smallest absolute Gasteiger partial charge is 0.369 e. The lowest BCUT2D eigenvalue weighted by molar-refractivity contribution is -0.214. The zero-order valence-electron chi connectivity index (χ0n) is 11.6. The summed E-state index contributed by atoms with van der Waals surface area (Å²) in [6.45, 7) is 2.63. The summed E-state index contributed by atoms with van der Waals surface area (Å²) in [5.74, 6) is -0.649. The number of primary amides is 1. The van der Waals surface area contributed by atoms with E-state index in [0.29, 0.717) is 25.0 Å². The van der Waals surface area contributed by atoms with Gasteiger partial charge in [0.1, 0.15) is 5.54 Å². The van der Waals surface area contributed by atoms with Gasteiger partial charge in [0.25, 0.3) is 0 Å². The van der Waals surface area contributed by atoms with E-state index in [4.69, 9.17) is 5.73 Å². The number of alkyl halides is 3. The van der Waals surface area contributed by atoms with Crippen molar-refractivity contribution in [3.05, 3.63) is 23.4 Å². The van der Waals surface area contributed by atoms with Crippen molar-refractivity contribution in [2.24, 2.45) is 11.7 Å². The topological polar surface area (TPSA) is 46.3 Å². The van der Waals surface area contributed by atoms with E-state index >= 15 is 0 Å². The van der Waals surface area contributed by atoms with Crippen LogP contribution in [0.15, 0.2) is 23.4 Å². The Morgan fingerprint density at radius 2 is 2.05 bits per heavy atom. The summed E-state index contributed by atoms with van der Waals surface area (Å²) < 4.78 is 39.7. The van der Waals surface area contributed by atoms with Crippen molar-refractivity contribution in [3.8, 4) is 0 Å². The highest BCUT2D eigenvalue weighted by atomic mass is 19.4. The fourth-order valence-electron chi connectivity index (χ4n) is 2.80. The van der Waals surface area contributed by atoms with Gasteiger partial charge in [-0.1, -0.05) is 12.2 Å². The van der Waals surface area contributed by atoms with Crippen LogP contribution in [0.1, 0.15) is 33.1 Å². The molecule has 2 rings (SSSR count). The number of halogens is 3. The lowest BCUT2D eigenvalue weighted by Crippen LogP contribution is -2.55. The number of allylic oxidation sites excluding steroid dienone is 3. The Labute approximate surface area is 116 Å². The number of rotatable bonds is 2. The summed E-state index contributed by atoms with van der Waals surface area (Å²) in [4.78, 5) is 12.7. The average molecular weight is 288 g/mol. The van der Waals surface area contributed by atoms with Gasteiger partial charge in [0, 0.05) is 18.2 Å². The van der Waals surface area contributed by atoms with Gasteiger partial charge in [-0.25, -0.2) is 0 Å². The van der Waals surface area contributed by atoms with Gasteiger partial charge in [-0.2, -0.15) is 13.2 Å². The van der Waals surface area contributed by atoms with Crippen LogP contribution in [0, 0.1) is 5.92 Å².